The Hall–Kier alpha value is -1.06. The first-order valence-electron chi connectivity index (χ1n) is 5.32. The van der Waals surface area contributed by atoms with Crippen LogP contribution in [0.5, 0.6) is 5.75 Å². The van der Waals surface area contributed by atoms with Crippen LogP contribution in [0.4, 0.5) is 0 Å². The zero-order chi connectivity index (χ0) is 10.7. The van der Waals surface area contributed by atoms with Crippen LogP contribution in [0.25, 0.3) is 0 Å². The molecule has 1 atom stereocenters. The maximum absolute atomic E-state index is 9.99. The lowest BCUT2D eigenvalue weighted by Crippen LogP contribution is -2.42. The average molecular weight is 207 g/mol. The molecule has 0 bridgehead atoms. The van der Waals surface area contributed by atoms with E-state index in [2.05, 4.69) is 5.32 Å². The van der Waals surface area contributed by atoms with Crippen LogP contribution >= 0.6 is 0 Å². The Labute approximate surface area is 90.1 Å². The summed E-state index contributed by atoms with van der Waals surface area (Å²) in [6.07, 6.45) is 0.465. The summed E-state index contributed by atoms with van der Waals surface area (Å²) in [5.74, 6) is 1.42. The van der Waals surface area contributed by atoms with Crippen molar-refractivity contribution in [3.8, 4) is 5.75 Å². The molecule has 3 nitrogen and oxygen atoms in total. The SMILES string of the molecule is COc1cccc(C(O)CC2CNC2)c1. The predicted molar refractivity (Wildman–Crippen MR) is 58.9 cm³/mol. The molecule has 1 aromatic rings. The lowest BCUT2D eigenvalue weighted by Gasteiger charge is -2.29. The van der Waals surface area contributed by atoms with Gasteiger partial charge in [-0.2, -0.15) is 0 Å². The Bertz CT molecular complexity index is 323. The number of nitrogens with one attached hydrogen (secondary N) is 1. The van der Waals surface area contributed by atoms with Gasteiger partial charge in [-0.25, -0.2) is 0 Å². The van der Waals surface area contributed by atoms with Gasteiger partial charge in [0.15, 0.2) is 0 Å². The van der Waals surface area contributed by atoms with Crippen molar-refractivity contribution in [2.75, 3.05) is 20.2 Å². The molecule has 15 heavy (non-hydrogen) atoms. The first-order valence-corrected chi connectivity index (χ1v) is 5.32. The maximum Gasteiger partial charge on any atom is 0.119 e. The zero-order valence-corrected chi connectivity index (χ0v) is 8.94. The minimum Gasteiger partial charge on any atom is -0.497 e. The van der Waals surface area contributed by atoms with Crippen LogP contribution in [0, 0.1) is 5.92 Å². The third kappa shape index (κ3) is 2.49. The van der Waals surface area contributed by atoms with E-state index >= 15 is 0 Å². The van der Waals surface area contributed by atoms with Gasteiger partial charge in [-0.05, 0) is 43.1 Å². The van der Waals surface area contributed by atoms with Crippen molar-refractivity contribution < 1.29 is 9.84 Å². The van der Waals surface area contributed by atoms with E-state index in [0.717, 1.165) is 30.8 Å². The monoisotopic (exact) mass is 207 g/mol. The molecule has 1 aliphatic rings. The summed E-state index contributed by atoms with van der Waals surface area (Å²) in [4.78, 5) is 0. The molecule has 1 unspecified atom stereocenters. The Morgan fingerprint density at radius 1 is 1.53 bits per heavy atom. The van der Waals surface area contributed by atoms with Crippen LogP contribution in [0.2, 0.25) is 0 Å². The third-order valence-electron chi connectivity index (χ3n) is 2.90. The number of rotatable bonds is 4. The molecule has 0 aliphatic carbocycles. The first-order chi connectivity index (χ1) is 7.29. The number of ether oxygens (including phenoxy) is 1. The number of aliphatic hydroxyl groups excluding tert-OH is 1. The quantitative estimate of drug-likeness (QED) is 0.782. The minimum absolute atomic E-state index is 0.368. The molecule has 1 aliphatic heterocycles. The summed E-state index contributed by atoms with van der Waals surface area (Å²) in [5, 5.41) is 13.2. The fourth-order valence-corrected chi connectivity index (χ4v) is 1.82. The summed E-state index contributed by atoms with van der Waals surface area (Å²) in [5.41, 5.74) is 0.946. The highest BCUT2D eigenvalue weighted by Gasteiger charge is 2.21. The molecule has 0 amide bonds. The molecule has 1 aromatic carbocycles. The van der Waals surface area contributed by atoms with Gasteiger partial charge in [-0.15, -0.1) is 0 Å². The average Bonchev–Trinajstić information content (AvgIpc) is 2.23. The van der Waals surface area contributed by atoms with Crippen molar-refractivity contribution in [2.24, 2.45) is 5.92 Å². The predicted octanol–water partition coefficient (Wildman–Crippen LogP) is 1.34. The van der Waals surface area contributed by atoms with Crippen molar-refractivity contribution in [1.29, 1.82) is 0 Å². The van der Waals surface area contributed by atoms with Crippen molar-refractivity contribution in [1.82, 2.24) is 5.32 Å². The Balaban J connectivity index is 1.99. The highest BCUT2D eigenvalue weighted by Crippen LogP contribution is 2.25. The van der Waals surface area contributed by atoms with E-state index in [-0.39, 0.29) is 6.10 Å². The molecule has 2 rings (SSSR count). The standard InChI is InChI=1S/C12H17NO2/c1-15-11-4-2-3-10(6-11)12(14)5-9-7-13-8-9/h2-4,6,9,12-14H,5,7-8H2,1H3. The second-order valence-electron chi connectivity index (χ2n) is 4.05. The number of hydrogen-bond donors (Lipinski definition) is 2. The lowest BCUT2D eigenvalue weighted by molar-refractivity contribution is 0.126. The normalized spacial score (nSPS) is 18.3. The topological polar surface area (TPSA) is 41.5 Å². The molecule has 0 spiro atoms. The first kappa shape index (κ1) is 10.5. The van der Waals surface area contributed by atoms with Gasteiger partial charge in [0, 0.05) is 0 Å². The fourth-order valence-electron chi connectivity index (χ4n) is 1.82. The van der Waals surface area contributed by atoms with Crippen LogP contribution in [-0.2, 0) is 0 Å². The van der Waals surface area contributed by atoms with Crippen molar-refractivity contribution in [3.05, 3.63) is 29.8 Å². The number of benzene rings is 1. The summed E-state index contributed by atoms with van der Waals surface area (Å²) in [7, 11) is 1.64. The summed E-state index contributed by atoms with van der Waals surface area (Å²) in [6, 6.07) is 7.65. The van der Waals surface area contributed by atoms with E-state index in [1.807, 2.05) is 24.3 Å². The van der Waals surface area contributed by atoms with E-state index in [0.29, 0.717) is 5.92 Å². The summed E-state index contributed by atoms with van der Waals surface area (Å²) in [6.45, 7) is 2.06. The second-order valence-corrected chi connectivity index (χ2v) is 4.05. The minimum atomic E-state index is -0.368. The molecule has 1 fully saturated rings. The van der Waals surface area contributed by atoms with Gasteiger partial charge in [0.25, 0.3) is 0 Å². The van der Waals surface area contributed by atoms with Gasteiger partial charge >= 0.3 is 0 Å². The molecular weight excluding hydrogens is 190 g/mol. The van der Waals surface area contributed by atoms with Gasteiger partial charge in [0.2, 0.25) is 0 Å². The Morgan fingerprint density at radius 3 is 2.93 bits per heavy atom. The molecule has 82 valence electrons. The zero-order valence-electron chi connectivity index (χ0n) is 8.94. The van der Waals surface area contributed by atoms with E-state index in [9.17, 15) is 5.11 Å². The smallest absolute Gasteiger partial charge is 0.119 e. The Morgan fingerprint density at radius 2 is 2.33 bits per heavy atom. The van der Waals surface area contributed by atoms with E-state index < -0.39 is 0 Å². The summed E-state index contributed by atoms with van der Waals surface area (Å²) < 4.78 is 5.13. The molecule has 2 N–H and O–H groups in total. The van der Waals surface area contributed by atoms with Crippen LogP contribution in [0.15, 0.2) is 24.3 Å². The van der Waals surface area contributed by atoms with Crippen LogP contribution in [0.1, 0.15) is 18.1 Å². The fraction of sp³-hybridized carbons (Fsp3) is 0.500. The highest BCUT2D eigenvalue weighted by molar-refractivity contribution is 5.29. The van der Waals surface area contributed by atoms with E-state index in [4.69, 9.17) is 4.74 Å². The molecule has 3 heteroatoms. The van der Waals surface area contributed by atoms with Gasteiger partial charge in [0.05, 0.1) is 13.2 Å². The van der Waals surface area contributed by atoms with E-state index in [1.54, 1.807) is 7.11 Å². The number of hydrogen-bond acceptors (Lipinski definition) is 3. The van der Waals surface area contributed by atoms with Crippen LogP contribution < -0.4 is 10.1 Å². The number of aliphatic hydroxyl groups is 1. The van der Waals surface area contributed by atoms with Gasteiger partial charge in [-0.1, -0.05) is 12.1 Å². The van der Waals surface area contributed by atoms with Gasteiger partial charge in [-0.3, -0.25) is 0 Å². The molecule has 0 saturated carbocycles. The van der Waals surface area contributed by atoms with E-state index in [1.165, 1.54) is 0 Å². The molecule has 0 aromatic heterocycles. The maximum atomic E-state index is 9.99. The second kappa shape index (κ2) is 4.64. The van der Waals surface area contributed by atoms with Crippen molar-refractivity contribution in [2.45, 2.75) is 12.5 Å². The highest BCUT2D eigenvalue weighted by atomic mass is 16.5. The molecule has 0 radical (unpaired) electrons. The van der Waals surface area contributed by atoms with Crippen molar-refractivity contribution >= 4 is 0 Å². The lowest BCUT2D eigenvalue weighted by atomic mass is 9.92. The Kier molecular flexibility index (Phi) is 3.23. The van der Waals surface area contributed by atoms with Crippen molar-refractivity contribution in [3.63, 3.8) is 0 Å². The largest absolute Gasteiger partial charge is 0.497 e. The van der Waals surface area contributed by atoms with Gasteiger partial charge < -0.3 is 15.2 Å². The van der Waals surface area contributed by atoms with Gasteiger partial charge in [0.1, 0.15) is 5.75 Å². The molecular formula is C12H17NO2. The number of methoxy groups -OCH3 is 1. The van der Waals surface area contributed by atoms with Crippen LogP contribution in [0.3, 0.4) is 0 Å². The third-order valence-corrected chi connectivity index (χ3v) is 2.90. The van der Waals surface area contributed by atoms with Crippen LogP contribution in [-0.4, -0.2) is 25.3 Å². The summed E-state index contributed by atoms with van der Waals surface area (Å²) >= 11 is 0. The molecule has 1 saturated heterocycles. The molecule has 1 heterocycles.